The van der Waals surface area contributed by atoms with Crippen molar-refractivity contribution in [1.82, 2.24) is 14.5 Å². The van der Waals surface area contributed by atoms with E-state index in [9.17, 15) is 0 Å². The smallest absolute Gasteiger partial charge is 0.123 e. The SMILES string of the molecule is Cc1ccc(C(C)C)c(OCCn2c(CCCN3CCCC3)nc3ccccc32)c1. The van der Waals surface area contributed by atoms with Crippen molar-refractivity contribution in [2.24, 2.45) is 0 Å². The third kappa shape index (κ3) is 4.86. The van der Waals surface area contributed by atoms with Gasteiger partial charge in [0.2, 0.25) is 0 Å². The van der Waals surface area contributed by atoms with E-state index in [1.165, 1.54) is 61.4 Å². The van der Waals surface area contributed by atoms with Gasteiger partial charge in [0.15, 0.2) is 0 Å². The van der Waals surface area contributed by atoms with Gasteiger partial charge in [0.1, 0.15) is 18.2 Å². The van der Waals surface area contributed by atoms with Gasteiger partial charge in [-0.25, -0.2) is 4.98 Å². The van der Waals surface area contributed by atoms with Crippen molar-refractivity contribution < 1.29 is 4.74 Å². The number of hydrogen-bond acceptors (Lipinski definition) is 3. The van der Waals surface area contributed by atoms with Crippen molar-refractivity contribution in [1.29, 1.82) is 0 Å². The van der Waals surface area contributed by atoms with Crippen LogP contribution in [-0.2, 0) is 13.0 Å². The van der Waals surface area contributed by atoms with E-state index in [4.69, 9.17) is 9.72 Å². The molecule has 160 valence electrons. The van der Waals surface area contributed by atoms with Crippen LogP contribution in [0.25, 0.3) is 11.0 Å². The molecule has 0 atom stereocenters. The second kappa shape index (κ2) is 9.65. The molecule has 1 aromatic heterocycles. The van der Waals surface area contributed by atoms with Gasteiger partial charge in [-0.15, -0.1) is 0 Å². The summed E-state index contributed by atoms with van der Waals surface area (Å²) in [4.78, 5) is 7.54. The normalized spacial score (nSPS) is 14.8. The number of likely N-dealkylation sites (tertiary alicyclic amines) is 1. The zero-order chi connectivity index (χ0) is 20.9. The van der Waals surface area contributed by atoms with Crippen LogP contribution in [0.5, 0.6) is 5.75 Å². The van der Waals surface area contributed by atoms with Crippen molar-refractivity contribution in [3.05, 3.63) is 59.4 Å². The average Bonchev–Trinajstić information content (AvgIpc) is 3.36. The minimum Gasteiger partial charge on any atom is -0.491 e. The van der Waals surface area contributed by atoms with E-state index in [0.29, 0.717) is 12.5 Å². The van der Waals surface area contributed by atoms with Crippen LogP contribution >= 0.6 is 0 Å². The Kier molecular flexibility index (Phi) is 6.73. The quantitative estimate of drug-likeness (QED) is 0.466. The molecule has 4 rings (SSSR count). The first-order valence-electron chi connectivity index (χ1n) is 11.5. The van der Waals surface area contributed by atoms with E-state index in [1.807, 2.05) is 0 Å². The molecule has 2 heterocycles. The molecule has 4 heteroatoms. The van der Waals surface area contributed by atoms with Crippen molar-refractivity contribution in [3.63, 3.8) is 0 Å². The number of para-hydroxylation sites is 2. The minimum atomic E-state index is 0.454. The molecule has 0 bridgehead atoms. The molecule has 3 aromatic rings. The van der Waals surface area contributed by atoms with Gasteiger partial charge in [0.25, 0.3) is 0 Å². The molecule has 0 aliphatic carbocycles. The lowest BCUT2D eigenvalue weighted by molar-refractivity contribution is 0.293. The minimum absolute atomic E-state index is 0.454. The van der Waals surface area contributed by atoms with Crippen LogP contribution in [0.4, 0.5) is 0 Å². The zero-order valence-corrected chi connectivity index (χ0v) is 18.7. The lowest BCUT2D eigenvalue weighted by atomic mass is 10.0. The Morgan fingerprint density at radius 3 is 2.63 bits per heavy atom. The van der Waals surface area contributed by atoms with E-state index < -0.39 is 0 Å². The van der Waals surface area contributed by atoms with Crippen LogP contribution in [0.1, 0.15) is 56.0 Å². The number of aromatic nitrogens is 2. The van der Waals surface area contributed by atoms with Gasteiger partial charge in [0.05, 0.1) is 17.6 Å². The monoisotopic (exact) mass is 405 g/mol. The van der Waals surface area contributed by atoms with E-state index in [1.54, 1.807) is 0 Å². The lowest BCUT2D eigenvalue weighted by Gasteiger charge is -2.17. The molecule has 0 radical (unpaired) electrons. The fourth-order valence-corrected chi connectivity index (χ4v) is 4.52. The zero-order valence-electron chi connectivity index (χ0n) is 18.7. The summed E-state index contributed by atoms with van der Waals surface area (Å²) >= 11 is 0. The largest absolute Gasteiger partial charge is 0.491 e. The summed E-state index contributed by atoms with van der Waals surface area (Å²) in [5.41, 5.74) is 4.82. The van der Waals surface area contributed by atoms with Crippen molar-refractivity contribution in [3.8, 4) is 5.75 Å². The summed E-state index contributed by atoms with van der Waals surface area (Å²) in [5, 5.41) is 0. The molecule has 1 aliphatic rings. The molecule has 0 N–H and O–H groups in total. The number of imidazole rings is 1. The molecule has 0 amide bonds. The van der Waals surface area contributed by atoms with Crippen molar-refractivity contribution in [2.75, 3.05) is 26.2 Å². The summed E-state index contributed by atoms with van der Waals surface area (Å²) in [5.74, 6) is 2.66. The van der Waals surface area contributed by atoms with Crippen LogP contribution < -0.4 is 4.74 Å². The van der Waals surface area contributed by atoms with Gasteiger partial charge in [0, 0.05) is 6.42 Å². The maximum atomic E-state index is 6.29. The van der Waals surface area contributed by atoms with Crippen molar-refractivity contribution in [2.45, 2.75) is 58.9 Å². The van der Waals surface area contributed by atoms with E-state index in [-0.39, 0.29) is 0 Å². The Hall–Kier alpha value is -2.33. The third-order valence-corrected chi connectivity index (χ3v) is 6.17. The molecule has 0 spiro atoms. The number of nitrogens with zero attached hydrogens (tertiary/aromatic N) is 3. The van der Waals surface area contributed by atoms with Crippen LogP contribution in [0.2, 0.25) is 0 Å². The average molecular weight is 406 g/mol. The summed E-state index contributed by atoms with van der Waals surface area (Å²) in [6.07, 6.45) is 4.90. The van der Waals surface area contributed by atoms with Gasteiger partial charge in [-0.05, 0) is 81.1 Å². The molecule has 0 unspecified atom stereocenters. The Labute approximate surface area is 180 Å². The van der Waals surface area contributed by atoms with Gasteiger partial charge in [-0.1, -0.05) is 38.1 Å². The summed E-state index contributed by atoms with van der Waals surface area (Å²) in [6, 6.07) is 15.0. The van der Waals surface area contributed by atoms with Crippen LogP contribution in [0, 0.1) is 6.92 Å². The predicted molar refractivity (Wildman–Crippen MR) is 124 cm³/mol. The number of benzene rings is 2. The number of hydrogen-bond donors (Lipinski definition) is 0. The molecule has 1 aliphatic heterocycles. The molecule has 2 aromatic carbocycles. The van der Waals surface area contributed by atoms with Gasteiger partial charge >= 0.3 is 0 Å². The fourth-order valence-electron chi connectivity index (χ4n) is 4.52. The first-order valence-corrected chi connectivity index (χ1v) is 11.5. The van der Waals surface area contributed by atoms with E-state index in [0.717, 1.165) is 24.2 Å². The Morgan fingerprint density at radius 1 is 1.03 bits per heavy atom. The third-order valence-electron chi connectivity index (χ3n) is 6.17. The molecule has 0 saturated carbocycles. The molecule has 30 heavy (non-hydrogen) atoms. The van der Waals surface area contributed by atoms with Crippen LogP contribution in [0.15, 0.2) is 42.5 Å². The number of fused-ring (bicyclic) bond motifs is 1. The maximum absolute atomic E-state index is 6.29. The highest BCUT2D eigenvalue weighted by atomic mass is 16.5. The van der Waals surface area contributed by atoms with E-state index in [2.05, 4.69) is 72.7 Å². The molecular weight excluding hydrogens is 370 g/mol. The highest BCUT2D eigenvalue weighted by Gasteiger charge is 2.14. The first kappa shape index (κ1) is 20.9. The summed E-state index contributed by atoms with van der Waals surface area (Å²) in [6.45, 7) is 11.8. The summed E-state index contributed by atoms with van der Waals surface area (Å²) < 4.78 is 8.65. The standard InChI is InChI=1S/C26H35N3O/c1-20(2)22-13-12-21(3)19-25(22)30-18-17-29-24-10-5-4-9-23(24)27-26(29)11-8-16-28-14-6-7-15-28/h4-5,9-10,12-13,19-20H,6-8,11,14-18H2,1-3H3. The van der Waals surface area contributed by atoms with Crippen molar-refractivity contribution >= 4 is 11.0 Å². The number of aryl methyl sites for hydroxylation is 2. The van der Waals surface area contributed by atoms with Crippen LogP contribution in [-0.4, -0.2) is 40.7 Å². The molecular formula is C26H35N3O. The Bertz CT molecular complexity index is 970. The van der Waals surface area contributed by atoms with Crippen LogP contribution in [0.3, 0.4) is 0 Å². The van der Waals surface area contributed by atoms with E-state index >= 15 is 0 Å². The predicted octanol–water partition coefficient (Wildman–Crippen LogP) is 5.58. The maximum Gasteiger partial charge on any atom is 0.123 e. The molecule has 4 nitrogen and oxygen atoms in total. The second-order valence-corrected chi connectivity index (χ2v) is 8.87. The Morgan fingerprint density at radius 2 is 1.83 bits per heavy atom. The highest BCUT2D eigenvalue weighted by Crippen LogP contribution is 2.27. The fraction of sp³-hybridized carbons (Fsp3) is 0.500. The number of ether oxygens (including phenoxy) is 1. The summed E-state index contributed by atoms with van der Waals surface area (Å²) in [7, 11) is 0. The Balaban J connectivity index is 1.45. The highest BCUT2D eigenvalue weighted by molar-refractivity contribution is 5.75. The lowest BCUT2D eigenvalue weighted by Crippen LogP contribution is -2.21. The van der Waals surface area contributed by atoms with Gasteiger partial charge < -0.3 is 14.2 Å². The van der Waals surface area contributed by atoms with Gasteiger partial charge in [-0.3, -0.25) is 0 Å². The molecule has 1 saturated heterocycles. The molecule has 1 fully saturated rings. The van der Waals surface area contributed by atoms with Gasteiger partial charge in [-0.2, -0.15) is 0 Å². The topological polar surface area (TPSA) is 30.3 Å². The first-order chi connectivity index (χ1) is 14.6. The second-order valence-electron chi connectivity index (χ2n) is 8.87. The number of rotatable bonds is 9.